The molecular weight excluding hydrogens is 260 g/mol. The number of nitrogens with zero attached hydrogens (tertiary/aromatic N) is 1. The molecule has 3 nitrogen and oxygen atoms in total. The van der Waals surface area contributed by atoms with E-state index in [1.54, 1.807) is 7.11 Å². The van der Waals surface area contributed by atoms with Gasteiger partial charge in [0.1, 0.15) is 5.75 Å². The summed E-state index contributed by atoms with van der Waals surface area (Å²) in [7, 11) is 1.75. The lowest BCUT2D eigenvalue weighted by atomic mass is 9.84. The molecule has 1 aliphatic carbocycles. The van der Waals surface area contributed by atoms with E-state index in [2.05, 4.69) is 23.1 Å². The Bertz CT molecular complexity index is 472. The van der Waals surface area contributed by atoms with Crippen LogP contribution in [0.3, 0.4) is 0 Å². The maximum atomic E-state index is 5.76. The van der Waals surface area contributed by atoms with E-state index in [9.17, 15) is 0 Å². The molecule has 1 heterocycles. The number of methoxy groups -OCH3 is 1. The highest BCUT2D eigenvalue weighted by Gasteiger charge is 2.29. The average molecular weight is 288 g/mol. The van der Waals surface area contributed by atoms with E-state index in [0.717, 1.165) is 18.2 Å². The zero-order valence-electron chi connectivity index (χ0n) is 13.2. The molecule has 116 valence electrons. The lowest BCUT2D eigenvalue weighted by molar-refractivity contribution is 0.109. The highest BCUT2D eigenvalue weighted by Crippen LogP contribution is 2.38. The van der Waals surface area contributed by atoms with Crippen LogP contribution in [0, 0.1) is 5.92 Å². The number of benzene rings is 1. The van der Waals surface area contributed by atoms with Crippen LogP contribution in [0.15, 0.2) is 18.2 Å². The number of likely N-dealkylation sites (tertiary alicyclic amines) is 1. The third-order valence-electron chi connectivity index (χ3n) is 5.20. The van der Waals surface area contributed by atoms with Gasteiger partial charge in [0, 0.05) is 12.6 Å². The van der Waals surface area contributed by atoms with Gasteiger partial charge in [-0.25, -0.2) is 0 Å². The van der Waals surface area contributed by atoms with Gasteiger partial charge in [0.25, 0.3) is 0 Å². The average Bonchev–Trinajstić information content (AvgIpc) is 2.54. The van der Waals surface area contributed by atoms with Crippen molar-refractivity contribution in [3.05, 3.63) is 29.3 Å². The topological polar surface area (TPSA) is 38.5 Å². The molecule has 1 aromatic rings. The zero-order chi connectivity index (χ0) is 14.7. The summed E-state index contributed by atoms with van der Waals surface area (Å²) in [4.78, 5) is 2.72. The van der Waals surface area contributed by atoms with Crippen LogP contribution < -0.4 is 10.5 Å². The van der Waals surface area contributed by atoms with E-state index in [1.807, 2.05) is 0 Å². The fraction of sp³-hybridized carbons (Fsp3) is 0.667. The quantitative estimate of drug-likeness (QED) is 0.925. The van der Waals surface area contributed by atoms with Crippen LogP contribution in [0.1, 0.15) is 49.3 Å². The Labute approximate surface area is 128 Å². The third kappa shape index (κ3) is 3.24. The molecule has 2 unspecified atom stereocenters. The highest BCUT2D eigenvalue weighted by atomic mass is 16.5. The second-order valence-electron chi connectivity index (χ2n) is 6.55. The lowest BCUT2D eigenvalue weighted by Gasteiger charge is -2.41. The Morgan fingerprint density at radius 1 is 1.29 bits per heavy atom. The highest BCUT2D eigenvalue weighted by molar-refractivity contribution is 5.39. The fourth-order valence-electron chi connectivity index (χ4n) is 4.12. The van der Waals surface area contributed by atoms with Gasteiger partial charge in [0.2, 0.25) is 0 Å². The number of rotatable bonds is 4. The first-order chi connectivity index (χ1) is 10.3. The van der Waals surface area contributed by atoms with E-state index < -0.39 is 0 Å². The number of aryl methyl sites for hydroxylation is 1. The number of ether oxygens (including phenoxy) is 1. The molecule has 2 atom stereocenters. The molecule has 1 saturated heterocycles. The van der Waals surface area contributed by atoms with Crippen molar-refractivity contribution in [3.63, 3.8) is 0 Å². The van der Waals surface area contributed by atoms with E-state index in [-0.39, 0.29) is 0 Å². The van der Waals surface area contributed by atoms with Gasteiger partial charge in [0.05, 0.1) is 7.11 Å². The lowest BCUT2D eigenvalue weighted by Crippen LogP contribution is -2.40. The van der Waals surface area contributed by atoms with Gasteiger partial charge in [-0.15, -0.1) is 0 Å². The normalized spacial score (nSPS) is 26.4. The summed E-state index contributed by atoms with van der Waals surface area (Å²) < 4.78 is 5.38. The molecule has 2 N–H and O–H groups in total. The summed E-state index contributed by atoms with van der Waals surface area (Å²) >= 11 is 0. The number of piperidine rings is 1. The molecule has 2 aliphatic rings. The molecule has 0 spiro atoms. The van der Waals surface area contributed by atoms with E-state index in [0.29, 0.717) is 6.04 Å². The molecule has 1 fully saturated rings. The standard InChI is InChI=1S/C18H28N2O/c1-21-16-7-8-17-15(12-16)5-2-6-18(17)20-11-3-4-14(13-20)9-10-19/h7-8,12,14,18H,2-6,9-11,13,19H2,1H3. The first-order valence-corrected chi connectivity index (χ1v) is 8.42. The zero-order valence-corrected chi connectivity index (χ0v) is 13.2. The van der Waals surface area contributed by atoms with Crippen molar-refractivity contribution < 1.29 is 4.74 Å². The second kappa shape index (κ2) is 6.80. The van der Waals surface area contributed by atoms with Crippen molar-refractivity contribution in [1.29, 1.82) is 0 Å². The Hall–Kier alpha value is -1.06. The monoisotopic (exact) mass is 288 g/mol. The minimum atomic E-state index is 0.611. The van der Waals surface area contributed by atoms with E-state index >= 15 is 0 Å². The molecule has 0 radical (unpaired) electrons. The predicted octanol–water partition coefficient (Wildman–Crippen LogP) is 3.13. The molecule has 0 saturated carbocycles. The van der Waals surface area contributed by atoms with Gasteiger partial charge in [-0.1, -0.05) is 6.07 Å². The third-order valence-corrected chi connectivity index (χ3v) is 5.20. The fourth-order valence-corrected chi connectivity index (χ4v) is 4.12. The number of nitrogens with two attached hydrogens (primary N) is 1. The maximum Gasteiger partial charge on any atom is 0.119 e. The Balaban J connectivity index is 1.78. The van der Waals surface area contributed by atoms with Crippen molar-refractivity contribution in [3.8, 4) is 5.75 Å². The van der Waals surface area contributed by atoms with Crippen LogP contribution in [0.5, 0.6) is 5.75 Å². The summed E-state index contributed by atoms with van der Waals surface area (Å²) in [5, 5.41) is 0. The maximum absolute atomic E-state index is 5.76. The number of hydrogen-bond acceptors (Lipinski definition) is 3. The predicted molar refractivity (Wildman–Crippen MR) is 86.6 cm³/mol. The Morgan fingerprint density at radius 3 is 3.00 bits per heavy atom. The minimum absolute atomic E-state index is 0.611. The molecule has 21 heavy (non-hydrogen) atoms. The van der Waals surface area contributed by atoms with Crippen LogP contribution in [0.4, 0.5) is 0 Å². The summed E-state index contributed by atoms with van der Waals surface area (Å²) in [5.74, 6) is 1.79. The van der Waals surface area contributed by atoms with Gasteiger partial charge >= 0.3 is 0 Å². The molecule has 3 rings (SSSR count). The molecule has 1 aromatic carbocycles. The smallest absolute Gasteiger partial charge is 0.119 e. The molecular formula is C18H28N2O. The van der Waals surface area contributed by atoms with Crippen LogP contribution in [-0.2, 0) is 6.42 Å². The first-order valence-electron chi connectivity index (χ1n) is 8.42. The van der Waals surface area contributed by atoms with Crippen molar-refractivity contribution in [2.75, 3.05) is 26.7 Å². The van der Waals surface area contributed by atoms with Crippen LogP contribution in [0.25, 0.3) is 0 Å². The minimum Gasteiger partial charge on any atom is -0.497 e. The van der Waals surface area contributed by atoms with Gasteiger partial charge in [-0.2, -0.15) is 0 Å². The summed E-state index contributed by atoms with van der Waals surface area (Å²) in [6.45, 7) is 3.31. The Kier molecular flexibility index (Phi) is 4.81. The van der Waals surface area contributed by atoms with Crippen LogP contribution in [-0.4, -0.2) is 31.6 Å². The van der Waals surface area contributed by atoms with Crippen molar-refractivity contribution in [1.82, 2.24) is 4.90 Å². The summed E-state index contributed by atoms with van der Waals surface area (Å²) in [6, 6.07) is 7.27. The summed E-state index contributed by atoms with van der Waals surface area (Å²) in [5.41, 5.74) is 8.79. The molecule has 3 heteroatoms. The largest absolute Gasteiger partial charge is 0.497 e. The first kappa shape index (κ1) is 14.9. The van der Waals surface area contributed by atoms with Crippen molar-refractivity contribution in [2.24, 2.45) is 11.7 Å². The molecule has 1 aliphatic heterocycles. The van der Waals surface area contributed by atoms with Crippen molar-refractivity contribution in [2.45, 2.75) is 44.6 Å². The molecule has 0 bridgehead atoms. The van der Waals surface area contributed by atoms with Crippen LogP contribution in [0.2, 0.25) is 0 Å². The van der Waals surface area contributed by atoms with Gasteiger partial charge in [0.15, 0.2) is 0 Å². The summed E-state index contributed by atoms with van der Waals surface area (Å²) in [6.07, 6.45) is 7.65. The SMILES string of the molecule is COc1ccc2c(c1)CCCC2N1CCCC(CCN)C1. The van der Waals surface area contributed by atoms with E-state index in [1.165, 1.54) is 62.7 Å². The second-order valence-corrected chi connectivity index (χ2v) is 6.55. The van der Waals surface area contributed by atoms with Crippen LogP contribution >= 0.6 is 0 Å². The number of fused-ring (bicyclic) bond motifs is 1. The van der Waals surface area contributed by atoms with Gasteiger partial charge < -0.3 is 10.5 Å². The Morgan fingerprint density at radius 2 is 2.19 bits per heavy atom. The van der Waals surface area contributed by atoms with Gasteiger partial charge in [-0.05, 0) is 80.8 Å². The number of hydrogen-bond donors (Lipinski definition) is 1. The van der Waals surface area contributed by atoms with E-state index in [4.69, 9.17) is 10.5 Å². The molecule has 0 amide bonds. The molecule has 0 aromatic heterocycles. The van der Waals surface area contributed by atoms with Crippen molar-refractivity contribution >= 4 is 0 Å². The van der Waals surface area contributed by atoms with Gasteiger partial charge in [-0.3, -0.25) is 4.90 Å².